The maximum Gasteiger partial charge on any atom is 0.453 e. The van der Waals surface area contributed by atoms with Crippen molar-refractivity contribution in [3.63, 3.8) is 0 Å². The van der Waals surface area contributed by atoms with Gasteiger partial charge in [0, 0.05) is 12.1 Å². The molecular formula is C19H16Cl4O6. The van der Waals surface area contributed by atoms with E-state index in [1.807, 2.05) is 0 Å². The zero-order valence-corrected chi connectivity index (χ0v) is 18.4. The molecule has 29 heavy (non-hydrogen) atoms. The summed E-state index contributed by atoms with van der Waals surface area (Å²) in [6.45, 7) is 3.03. The van der Waals surface area contributed by atoms with Crippen molar-refractivity contribution < 1.29 is 28.5 Å². The summed E-state index contributed by atoms with van der Waals surface area (Å²) in [6.07, 6.45) is 0. The smallest absolute Gasteiger partial charge is 0.453 e. The molecule has 0 bridgehead atoms. The van der Waals surface area contributed by atoms with Crippen LogP contribution in [0.5, 0.6) is 11.5 Å². The fourth-order valence-electron chi connectivity index (χ4n) is 2.14. The average molecular weight is 482 g/mol. The van der Waals surface area contributed by atoms with Crippen molar-refractivity contribution in [3.05, 3.63) is 56.5 Å². The van der Waals surface area contributed by atoms with Gasteiger partial charge in [-0.25, -0.2) is 9.59 Å². The van der Waals surface area contributed by atoms with Crippen LogP contribution < -0.4 is 9.47 Å². The van der Waals surface area contributed by atoms with E-state index in [1.165, 1.54) is 36.4 Å². The molecule has 10 heteroatoms. The van der Waals surface area contributed by atoms with Gasteiger partial charge in [-0.15, -0.1) is 0 Å². The normalized spacial score (nSPS) is 11.0. The molecule has 0 saturated carbocycles. The van der Waals surface area contributed by atoms with Gasteiger partial charge in [-0.05, 0) is 38.1 Å². The van der Waals surface area contributed by atoms with Crippen molar-refractivity contribution in [1.82, 2.24) is 0 Å². The van der Waals surface area contributed by atoms with E-state index in [9.17, 15) is 9.59 Å². The van der Waals surface area contributed by atoms with Gasteiger partial charge in [0.2, 0.25) is 0 Å². The second kappa shape index (κ2) is 10.3. The summed E-state index contributed by atoms with van der Waals surface area (Å²) in [5.74, 6) is -4.85. The van der Waals surface area contributed by atoms with Crippen LogP contribution in [0.2, 0.25) is 20.1 Å². The van der Waals surface area contributed by atoms with Gasteiger partial charge in [-0.3, -0.25) is 0 Å². The van der Waals surface area contributed by atoms with Crippen molar-refractivity contribution in [1.29, 1.82) is 0 Å². The van der Waals surface area contributed by atoms with Crippen LogP contribution in [0.15, 0.2) is 36.4 Å². The molecule has 2 aromatic carbocycles. The Hall–Kier alpha value is -1.86. The van der Waals surface area contributed by atoms with Crippen LogP contribution in [-0.2, 0) is 19.1 Å². The first-order chi connectivity index (χ1) is 13.7. The molecule has 0 amide bonds. The van der Waals surface area contributed by atoms with E-state index < -0.39 is 17.7 Å². The minimum Gasteiger partial charge on any atom is -0.460 e. The Bertz CT molecular complexity index is 829. The van der Waals surface area contributed by atoms with Crippen LogP contribution in [0.3, 0.4) is 0 Å². The van der Waals surface area contributed by atoms with Crippen LogP contribution in [0.1, 0.15) is 13.8 Å². The Labute approximate surface area is 187 Å². The molecule has 0 aliphatic carbocycles. The predicted molar refractivity (Wildman–Crippen MR) is 110 cm³/mol. The third kappa shape index (κ3) is 5.60. The topological polar surface area (TPSA) is 71.1 Å². The summed E-state index contributed by atoms with van der Waals surface area (Å²) >= 11 is 23.8. The number of benzene rings is 2. The molecule has 6 nitrogen and oxygen atoms in total. The van der Waals surface area contributed by atoms with Gasteiger partial charge in [0.1, 0.15) is 11.5 Å². The summed E-state index contributed by atoms with van der Waals surface area (Å²) < 4.78 is 21.3. The van der Waals surface area contributed by atoms with Crippen LogP contribution >= 0.6 is 46.4 Å². The molecule has 0 aliphatic rings. The summed E-state index contributed by atoms with van der Waals surface area (Å²) in [6, 6.07) is 8.29. The molecule has 0 heterocycles. The number of hydrogen-bond acceptors (Lipinski definition) is 6. The van der Waals surface area contributed by atoms with Crippen molar-refractivity contribution >= 4 is 58.3 Å². The van der Waals surface area contributed by atoms with E-state index >= 15 is 0 Å². The van der Waals surface area contributed by atoms with Gasteiger partial charge >= 0.3 is 17.7 Å². The Morgan fingerprint density at radius 3 is 1.41 bits per heavy atom. The van der Waals surface area contributed by atoms with Crippen LogP contribution in [0.25, 0.3) is 0 Å². The lowest BCUT2D eigenvalue weighted by Gasteiger charge is -2.30. The number of esters is 2. The summed E-state index contributed by atoms with van der Waals surface area (Å²) in [7, 11) is 0. The number of hydrogen-bond donors (Lipinski definition) is 0. The second-order valence-corrected chi connectivity index (χ2v) is 7.04. The van der Waals surface area contributed by atoms with Gasteiger partial charge in [0.05, 0.1) is 33.3 Å². The Kier molecular flexibility index (Phi) is 8.28. The van der Waals surface area contributed by atoms with Crippen molar-refractivity contribution in [2.24, 2.45) is 0 Å². The highest BCUT2D eigenvalue weighted by Gasteiger charge is 2.56. The average Bonchev–Trinajstić information content (AvgIpc) is 2.67. The van der Waals surface area contributed by atoms with Crippen molar-refractivity contribution in [3.8, 4) is 11.5 Å². The number of halogens is 4. The third-order valence-electron chi connectivity index (χ3n) is 3.39. The maximum absolute atomic E-state index is 12.8. The minimum atomic E-state index is -2.62. The first-order valence-electron chi connectivity index (χ1n) is 8.36. The van der Waals surface area contributed by atoms with Crippen LogP contribution in [-0.4, -0.2) is 30.9 Å². The zero-order chi connectivity index (χ0) is 21.6. The van der Waals surface area contributed by atoms with Crippen molar-refractivity contribution in [2.75, 3.05) is 13.2 Å². The first-order valence-corrected chi connectivity index (χ1v) is 9.87. The lowest BCUT2D eigenvalue weighted by molar-refractivity contribution is -0.209. The SMILES string of the molecule is CCOC(=O)C(Oc1ccc(Cl)c(Cl)c1)(Oc1ccc(Cl)c(Cl)c1)C(=O)OCC. The second-order valence-electron chi connectivity index (χ2n) is 5.41. The lowest BCUT2D eigenvalue weighted by Crippen LogP contribution is -2.58. The van der Waals surface area contributed by atoms with E-state index in [-0.39, 0.29) is 44.8 Å². The zero-order valence-electron chi connectivity index (χ0n) is 15.3. The van der Waals surface area contributed by atoms with Gasteiger partial charge < -0.3 is 18.9 Å². The van der Waals surface area contributed by atoms with E-state index in [2.05, 4.69) is 0 Å². The summed E-state index contributed by atoms with van der Waals surface area (Å²) in [4.78, 5) is 25.6. The molecule has 0 atom stereocenters. The predicted octanol–water partition coefficient (Wildman–Crippen LogP) is 5.58. The first kappa shape index (κ1) is 23.4. The molecule has 0 aliphatic heterocycles. The molecule has 0 unspecified atom stereocenters. The van der Waals surface area contributed by atoms with Gasteiger partial charge in [0.25, 0.3) is 0 Å². The third-order valence-corrected chi connectivity index (χ3v) is 4.87. The van der Waals surface area contributed by atoms with Gasteiger partial charge in [-0.1, -0.05) is 46.4 Å². The molecule has 0 radical (unpaired) electrons. The molecular weight excluding hydrogens is 466 g/mol. The van der Waals surface area contributed by atoms with E-state index in [4.69, 9.17) is 65.4 Å². The molecule has 156 valence electrons. The maximum atomic E-state index is 12.8. The van der Waals surface area contributed by atoms with Crippen LogP contribution in [0.4, 0.5) is 0 Å². The molecule has 2 rings (SSSR count). The fraction of sp³-hybridized carbons (Fsp3) is 0.263. The fourth-order valence-corrected chi connectivity index (χ4v) is 2.71. The highest BCUT2D eigenvalue weighted by Crippen LogP contribution is 2.33. The molecule has 0 spiro atoms. The summed E-state index contributed by atoms with van der Waals surface area (Å²) in [5, 5.41) is 0.783. The highest BCUT2D eigenvalue weighted by atomic mass is 35.5. The summed E-state index contributed by atoms with van der Waals surface area (Å²) in [5.41, 5.74) is 0. The number of ether oxygens (including phenoxy) is 4. The highest BCUT2D eigenvalue weighted by molar-refractivity contribution is 6.42. The largest absolute Gasteiger partial charge is 0.460 e. The number of carbonyl (C=O) groups excluding carboxylic acids is 2. The van der Waals surface area contributed by atoms with E-state index in [0.29, 0.717) is 0 Å². The Morgan fingerprint density at radius 2 is 1.10 bits per heavy atom. The Morgan fingerprint density at radius 1 is 0.724 bits per heavy atom. The minimum absolute atomic E-state index is 0.0144. The van der Waals surface area contributed by atoms with Crippen LogP contribution in [0, 0.1) is 0 Å². The Balaban J connectivity index is 2.57. The quantitative estimate of drug-likeness (QED) is 0.278. The standard InChI is InChI=1S/C19H16Cl4O6/c1-3-26-17(24)19(18(25)27-4-2,28-11-5-7-13(20)15(22)9-11)29-12-6-8-14(21)16(23)10-12/h5-10H,3-4H2,1-2H3. The molecule has 2 aromatic rings. The van der Waals surface area contributed by atoms with Gasteiger partial charge in [0.15, 0.2) is 0 Å². The molecule has 0 aromatic heterocycles. The molecule has 0 N–H and O–H groups in total. The monoisotopic (exact) mass is 480 g/mol. The number of carbonyl (C=O) groups is 2. The van der Waals surface area contributed by atoms with E-state index in [1.54, 1.807) is 13.8 Å². The number of rotatable bonds is 8. The van der Waals surface area contributed by atoms with E-state index in [0.717, 1.165) is 0 Å². The molecule has 0 saturated heterocycles. The lowest BCUT2D eigenvalue weighted by atomic mass is 10.2. The van der Waals surface area contributed by atoms with Crippen molar-refractivity contribution in [2.45, 2.75) is 19.6 Å². The molecule has 0 fully saturated rings. The van der Waals surface area contributed by atoms with Gasteiger partial charge in [-0.2, -0.15) is 0 Å².